The summed E-state index contributed by atoms with van der Waals surface area (Å²) < 4.78 is 23.2. The van der Waals surface area contributed by atoms with Gasteiger partial charge in [-0.15, -0.1) is 0 Å². The molecular formula is C19H19NO3S. The number of aromatic nitrogens is 1. The van der Waals surface area contributed by atoms with E-state index in [9.17, 15) is 4.21 Å². The van der Waals surface area contributed by atoms with E-state index >= 15 is 0 Å². The SMILES string of the molecule is COc1ccc(-c2cnc(C[S@](=O)Cc3ccc(C)cc3)o2)cc1. The summed E-state index contributed by atoms with van der Waals surface area (Å²) in [6, 6.07) is 15.6. The minimum absolute atomic E-state index is 0.310. The van der Waals surface area contributed by atoms with E-state index in [4.69, 9.17) is 9.15 Å². The average Bonchev–Trinajstić information content (AvgIpc) is 3.05. The van der Waals surface area contributed by atoms with Gasteiger partial charge in [-0.3, -0.25) is 4.21 Å². The van der Waals surface area contributed by atoms with E-state index < -0.39 is 10.8 Å². The van der Waals surface area contributed by atoms with Crippen LogP contribution in [0.3, 0.4) is 0 Å². The average molecular weight is 341 g/mol. The molecule has 0 fully saturated rings. The Kier molecular flexibility index (Phi) is 5.11. The lowest BCUT2D eigenvalue weighted by Gasteiger charge is -2.02. The zero-order valence-corrected chi connectivity index (χ0v) is 14.5. The summed E-state index contributed by atoms with van der Waals surface area (Å²) in [5.41, 5.74) is 3.17. The van der Waals surface area contributed by atoms with Crippen LogP contribution in [0.25, 0.3) is 11.3 Å². The Balaban J connectivity index is 1.64. The van der Waals surface area contributed by atoms with E-state index in [0.29, 0.717) is 23.2 Å². The fourth-order valence-corrected chi connectivity index (χ4v) is 3.40. The lowest BCUT2D eigenvalue weighted by molar-refractivity contribution is 0.415. The molecule has 0 saturated heterocycles. The number of benzene rings is 2. The maximum absolute atomic E-state index is 12.3. The summed E-state index contributed by atoms with van der Waals surface area (Å²) in [7, 11) is 0.577. The molecule has 1 heterocycles. The summed E-state index contributed by atoms with van der Waals surface area (Å²) in [4.78, 5) is 4.24. The number of aryl methyl sites for hydroxylation is 1. The third-order valence-corrected chi connectivity index (χ3v) is 4.89. The highest BCUT2D eigenvalue weighted by molar-refractivity contribution is 7.83. The predicted molar refractivity (Wildman–Crippen MR) is 95.2 cm³/mol. The molecule has 0 N–H and O–H groups in total. The van der Waals surface area contributed by atoms with Crippen LogP contribution in [0.5, 0.6) is 5.75 Å². The predicted octanol–water partition coefficient (Wildman–Crippen LogP) is 4.11. The molecule has 3 aromatic rings. The first kappa shape index (κ1) is 16.5. The van der Waals surface area contributed by atoms with Gasteiger partial charge in [-0.2, -0.15) is 0 Å². The maximum Gasteiger partial charge on any atom is 0.207 e. The molecule has 0 saturated carbocycles. The minimum atomic E-state index is -1.05. The quantitative estimate of drug-likeness (QED) is 0.677. The van der Waals surface area contributed by atoms with Crippen LogP contribution in [0.4, 0.5) is 0 Å². The highest BCUT2D eigenvalue weighted by Crippen LogP contribution is 2.23. The topological polar surface area (TPSA) is 52.3 Å². The Morgan fingerprint density at radius 2 is 1.75 bits per heavy atom. The monoisotopic (exact) mass is 341 g/mol. The van der Waals surface area contributed by atoms with Crippen LogP contribution in [-0.4, -0.2) is 16.3 Å². The van der Waals surface area contributed by atoms with Gasteiger partial charge < -0.3 is 9.15 Å². The van der Waals surface area contributed by atoms with Gasteiger partial charge in [0.1, 0.15) is 11.5 Å². The Hall–Kier alpha value is -2.40. The van der Waals surface area contributed by atoms with Gasteiger partial charge in [0, 0.05) is 22.1 Å². The van der Waals surface area contributed by atoms with Crippen LogP contribution < -0.4 is 4.74 Å². The number of nitrogens with zero attached hydrogens (tertiary/aromatic N) is 1. The van der Waals surface area contributed by atoms with Crippen molar-refractivity contribution >= 4 is 10.8 Å². The van der Waals surface area contributed by atoms with E-state index in [0.717, 1.165) is 16.9 Å². The first-order valence-electron chi connectivity index (χ1n) is 7.63. The van der Waals surface area contributed by atoms with Crippen molar-refractivity contribution < 1.29 is 13.4 Å². The molecule has 124 valence electrons. The normalized spacial score (nSPS) is 12.1. The summed E-state index contributed by atoms with van der Waals surface area (Å²) in [5, 5.41) is 0. The van der Waals surface area contributed by atoms with Crippen molar-refractivity contribution in [2.45, 2.75) is 18.4 Å². The fourth-order valence-electron chi connectivity index (χ4n) is 2.32. The van der Waals surface area contributed by atoms with E-state index in [1.54, 1.807) is 13.3 Å². The number of hydrogen-bond acceptors (Lipinski definition) is 4. The van der Waals surface area contributed by atoms with Crippen LogP contribution in [0.1, 0.15) is 17.0 Å². The van der Waals surface area contributed by atoms with Crippen molar-refractivity contribution in [2.24, 2.45) is 0 Å². The summed E-state index contributed by atoms with van der Waals surface area (Å²) in [6.07, 6.45) is 1.67. The highest BCUT2D eigenvalue weighted by Gasteiger charge is 2.10. The molecular weight excluding hydrogens is 322 g/mol. The van der Waals surface area contributed by atoms with Crippen LogP contribution in [0, 0.1) is 6.92 Å². The molecule has 5 heteroatoms. The molecule has 24 heavy (non-hydrogen) atoms. The fraction of sp³-hybridized carbons (Fsp3) is 0.211. The highest BCUT2D eigenvalue weighted by atomic mass is 32.2. The van der Waals surface area contributed by atoms with Crippen molar-refractivity contribution in [2.75, 3.05) is 7.11 Å². The van der Waals surface area contributed by atoms with Gasteiger partial charge in [-0.1, -0.05) is 29.8 Å². The molecule has 3 rings (SSSR count). The molecule has 0 aliphatic rings. The standard InChI is InChI=1S/C19H19NO3S/c1-14-3-5-15(6-4-14)12-24(21)13-19-20-11-18(23-19)16-7-9-17(22-2)10-8-16/h3-11H,12-13H2,1-2H3/t24-/m1/s1. The van der Waals surface area contributed by atoms with E-state index in [2.05, 4.69) is 4.98 Å². The van der Waals surface area contributed by atoms with E-state index in [1.165, 1.54) is 5.56 Å². The number of ether oxygens (including phenoxy) is 1. The van der Waals surface area contributed by atoms with Crippen LogP contribution >= 0.6 is 0 Å². The molecule has 1 aromatic heterocycles. The second kappa shape index (κ2) is 7.45. The minimum Gasteiger partial charge on any atom is -0.497 e. The van der Waals surface area contributed by atoms with Gasteiger partial charge in [-0.25, -0.2) is 4.98 Å². The Bertz CT molecular complexity index is 823. The largest absolute Gasteiger partial charge is 0.497 e. The number of oxazole rings is 1. The summed E-state index contributed by atoms with van der Waals surface area (Å²) in [6.45, 7) is 2.04. The molecule has 2 aromatic carbocycles. The molecule has 0 aliphatic heterocycles. The van der Waals surface area contributed by atoms with Gasteiger partial charge in [0.2, 0.25) is 5.89 Å². The van der Waals surface area contributed by atoms with Gasteiger partial charge in [0.05, 0.1) is 13.3 Å². The second-order valence-electron chi connectivity index (χ2n) is 5.56. The molecule has 0 radical (unpaired) electrons. The molecule has 0 bridgehead atoms. The molecule has 0 aliphatic carbocycles. The first-order valence-corrected chi connectivity index (χ1v) is 9.12. The zero-order chi connectivity index (χ0) is 16.9. The third-order valence-electron chi connectivity index (χ3n) is 3.66. The lowest BCUT2D eigenvalue weighted by Crippen LogP contribution is -1.99. The van der Waals surface area contributed by atoms with Crippen molar-refractivity contribution in [3.63, 3.8) is 0 Å². The number of methoxy groups -OCH3 is 1. The molecule has 0 amide bonds. The van der Waals surface area contributed by atoms with E-state index in [-0.39, 0.29) is 0 Å². The van der Waals surface area contributed by atoms with Gasteiger partial charge in [0.15, 0.2) is 5.76 Å². The van der Waals surface area contributed by atoms with Crippen molar-refractivity contribution in [3.8, 4) is 17.1 Å². The van der Waals surface area contributed by atoms with Gasteiger partial charge >= 0.3 is 0 Å². The van der Waals surface area contributed by atoms with Gasteiger partial charge in [-0.05, 0) is 36.8 Å². The summed E-state index contributed by atoms with van der Waals surface area (Å²) >= 11 is 0. The molecule has 0 unspecified atom stereocenters. The van der Waals surface area contributed by atoms with Crippen LogP contribution in [-0.2, 0) is 22.3 Å². The van der Waals surface area contributed by atoms with Crippen LogP contribution in [0.15, 0.2) is 59.1 Å². The smallest absolute Gasteiger partial charge is 0.207 e. The van der Waals surface area contributed by atoms with Gasteiger partial charge in [0.25, 0.3) is 0 Å². The number of rotatable bonds is 6. The molecule has 0 spiro atoms. The van der Waals surface area contributed by atoms with E-state index in [1.807, 2.05) is 55.5 Å². The summed E-state index contributed by atoms with van der Waals surface area (Å²) in [5.74, 6) is 2.76. The zero-order valence-electron chi connectivity index (χ0n) is 13.7. The Morgan fingerprint density at radius 3 is 2.42 bits per heavy atom. The van der Waals surface area contributed by atoms with Crippen molar-refractivity contribution in [1.29, 1.82) is 0 Å². The molecule has 1 atom stereocenters. The number of hydrogen-bond donors (Lipinski definition) is 0. The molecule has 4 nitrogen and oxygen atoms in total. The van der Waals surface area contributed by atoms with Crippen LogP contribution in [0.2, 0.25) is 0 Å². The van der Waals surface area contributed by atoms with Crippen molar-refractivity contribution in [3.05, 3.63) is 71.7 Å². The lowest BCUT2D eigenvalue weighted by atomic mass is 10.2. The van der Waals surface area contributed by atoms with Crippen molar-refractivity contribution in [1.82, 2.24) is 4.98 Å². The third kappa shape index (κ3) is 4.11. The first-order chi connectivity index (χ1) is 11.6. The second-order valence-corrected chi connectivity index (χ2v) is 7.02. The Morgan fingerprint density at radius 1 is 1.04 bits per heavy atom. The Labute approximate surface area is 144 Å². The maximum atomic E-state index is 12.3.